The fourth-order valence-corrected chi connectivity index (χ4v) is 4.84. The summed E-state index contributed by atoms with van der Waals surface area (Å²) < 4.78 is 12.9. The normalized spacial score (nSPS) is 16.4. The van der Waals surface area contributed by atoms with Gasteiger partial charge in [0.2, 0.25) is 0 Å². The predicted octanol–water partition coefficient (Wildman–Crippen LogP) is 5.45. The van der Waals surface area contributed by atoms with E-state index in [1.807, 2.05) is 57.2 Å². The van der Waals surface area contributed by atoms with E-state index in [0.717, 1.165) is 38.2 Å². The molecule has 0 radical (unpaired) electrons. The molecule has 2 heterocycles. The van der Waals surface area contributed by atoms with E-state index in [9.17, 15) is 9.90 Å². The maximum atomic E-state index is 12.9. The molecule has 0 unspecified atom stereocenters. The Balaban J connectivity index is 1.77. The molecule has 0 spiro atoms. The number of hydrogen-bond acceptors (Lipinski definition) is 5. The lowest BCUT2D eigenvalue weighted by molar-refractivity contribution is 0.0548. The zero-order chi connectivity index (χ0) is 21.5. The van der Waals surface area contributed by atoms with Gasteiger partial charge in [0.15, 0.2) is 0 Å². The first-order valence-electron chi connectivity index (χ1n) is 10.1. The lowest BCUT2D eigenvalue weighted by Gasteiger charge is -2.34. The number of nitrogens with zero attached hydrogens (tertiary/aromatic N) is 1. The number of amides is 1. The number of carbonyl (C=O) groups excluding carboxylic acids is 1. The third-order valence-electron chi connectivity index (χ3n) is 5.05. The molecule has 30 heavy (non-hydrogen) atoms. The number of benzene rings is 2. The van der Waals surface area contributed by atoms with Crippen LogP contribution in [0.2, 0.25) is 0 Å². The van der Waals surface area contributed by atoms with Gasteiger partial charge in [0.25, 0.3) is 0 Å². The second kappa shape index (κ2) is 7.93. The van der Waals surface area contributed by atoms with Gasteiger partial charge in [-0.3, -0.25) is 4.90 Å². The van der Waals surface area contributed by atoms with E-state index in [0.29, 0.717) is 13.0 Å². The summed E-state index contributed by atoms with van der Waals surface area (Å²) >= 11 is 1.63. The predicted molar refractivity (Wildman–Crippen MR) is 121 cm³/mol. The van der Waals surface area contributed by atoms with E-state index < -0.39 is 17.8 Å². The van der Waals surface area contributed by atoms with Crippen molar-refractivity contribution in [1.82, 2.24) is 0 Å². The summed E-state index contributed by atoms with van der Waals surface area (Å²) in [6, 6.07) is 11.9. The molecule has 0 saturated carbocycles. The molecule has 1 aliphatic heterocycles. The van der Waals surface area contributed by atoms with Crippen LogP contribution >= 0.6 is 11.3 Å². The maximum Gasteiger partial charge on any atom is 0.414 e. The van der Waals surface area contributed by atoms with Crippen molar-refractivity contribution in [1.29, 1.82) is 0 Å². The van der Waals surface area contributed by atoms with Crippen LogP contribution in [-0.2, 0) is 17.8 Å². The molecule has 6 heteroatoms. The molecule has 0 aliphatic carbocycles. The van der Waals surface area contributed by atoms with Crippen molar-refractivity contribution >= 4 is 33.2 Å². The molecule has 4 rings (SSSR count). The van der Waals surface area contributed by atoms with Gasteiger partial charge < -0.3 is 14.6 Å². The van der Waals surface area contributed by atoms with E-state index >= 15 is 0 Å². The first kappa shape index (κ1) is 20.7. The Bertz CT molecular complexity index is 1070. The number of carbonyl (C=O) groups is 1. The minimum atomic E-state index is -0.636. The van der Waals surface area contributed by atoms with Crippen LogP contribution in [-0.4, -0.2) is 29.4 Å². The topological polar surface area (TPSA) is 59.0 Å². The quantitative estimate of drug-likeness (QED) is 0.606. The third kappa shape index (κ3) is 4.16. The minimum absolute atomic E-state index is 0.203. The van der Waals surface area contributed by atoms with E-state index in [-0.39, 0.29) is 6.54 Å². The van der Waals surface area contributed by atoms with E-state index in [4.69, 9.17) is 9.47 Å². The van der Waals surface area contributed by atoms with E-state index in [1.54, 1.807) is 16.2 Å². The number of aryl methyl sites for hydroxylation is 1. The molecule has 2 aromatic carbocycles. The molecule has 1 amide bonds. The number of hydrogen-bond donors (Lipinski definition) is 1. The van der Waals surface area contributed by atoms with Gasteiger partial charge in [0, 0.05) is 17.9 Å². The second-order valence-corrected chi connectivity index (χ2v) is 9.60. The number of aliphatic hydroxyl groups excluding tert-OH is 1. The van der Waals surface area contributed by atoms with Gasteiger partial charge in [-0.15, -0.1) is 11.3 Å². The van der Waals surface area contributed by atoms with Gasteiger partial charge in [-0.25, -0.2) is 4.79 Å². The Morgan fingerprint density at radius 2 is 2.00 bits per heavy atom. The Kier molecular flexibility index (Phi) is 5.47. The average Bonchev–Trinajstić information content (AvgIpc) is 3.07. The highest BCUT2D eigenvalue weighted by Gasteiger charge is 2.33. The van der Waals surface area contributed by atoms with Gasteiger partial charge >= 0.3 is 6.09 Å². The lowest BCUT2D eigenvalue weighted by Crippen LogP contribution is -2.45. The lowest BCUT2D eigenvalue weighted by atomic mass is 9.94. The van der Waals surface area contributed by atoms with Crippen molar-refractivity contribution in [3.05, 3.63) is 58.5 Å². The van der Waals surface area contributed by atoms with Gasteiger partial charge in [0.1, 0.15) is 18.0 Å². The Morgan fingerprint density at radius 1 is 1.27 bits per heavy atom. The maximum absolute atomic E-state index is 12.9. The van der Waals surface area contributed by atoms with E-state index in [1.165, 1.54) is 0 Å². The molecule has 1 N–H and O–H groups in total. The largest absolute Gasteiger partial charge is 0.487 e. The molecule has 1 aromatic heterocycles. The van der Waals surface area contributed by atoms with Crippen molar-refractivity contribution < 1.29 is 19.4 Å². The summed E-state index contributed by atoms with van der Waals surface area (Å²) in [5.41, 5.74) is 3.31. The molecule has 0 fully saturated rings. The van der Waals surface area contributed by atoms with Crippen LogP contribution in [0.3, 0.4) is 0 Å². The number of rotatable bonds is 3. The fourth-order valence-electron chi connectivity index (χ4n) is 3.79. The van der Waals surface area contributed by atoms with Crippen LogP contribution in [0, 0.1) is 6.92 Å². The molecule has 0 bridgehead atoms. The second-order valence-electron chi connectivity index (χ2n) is 8.72. The first-order chi connectivity index (χ1) is 14.2. The summed E-state index contributed by atoms with van der Waals surface area (Å²) in [5.74, 6) is 0.746. The molecular weight excluding hydrogens is 398 g/mol. The zero-order valence-electron chi connectivity index (χ0n) is 17.8. The summed E-state index contributed by atoms with van der Waals surface area (Å²) in [7, 11) is 0. The molecule has 0 saturated heterocycles. The summed E-state index contributed by atoms with van der Waals surface area (Å²) in [6.45, 7) is 8.22. The van der Waals surface area contributed by atoms with Crippen molar-refractivity contribution in [3.8, 4) is 5.75 Å². The first-order valence-corrected chi connectivity index (χ1v) is 11.0. The minimum Gasteiger partial charge on any atom is -0.487 e. The van der Waals surface area contributed by atoms with Crippen molar-refractivity contribution in [2.24, 2.45) is 0 Å². The van der Waals surface area contributed by atoms with Gasteiger partial charge in [-0.1, -0.05) is 30.3 Å². The summed E-state index contributed by atoms with van der Waals surface area (Å²) in [6.07, 6.45) is -0.589. The van der Waals surface area contributed by atoms with Crippen LogP contribution in [0.1, 0.15) is 37.5 Å². The Labute approximate surface area is 180 Å². The van der Waals surface area contributed by atoms with Crippen LogP contribution in [0.15, 0.2) is 41.8 Å². The van der Waals surface area contributed by atoms with Crippen molar-refractivity contribution in [3.63, 3.8) is 0 Å². The van der Waals surface area contributed by atoms with Crippen LogP contribution in [0.25, 0.3) is 10.1 Å². The number of aliphatic hydroxyl groups is 1. The number of β-amino-alcohol motifs (C(OH)–C–C–N with tert-alkyl or cyclic N) is 1. The van der Waals surface area contributed by atoms with Crippen LogP contribution in [0.4, 0.5) is 10.5 Å². The van der Waals surface area contributed by atoms with Gasteiger partial charge in [-0.05, 0) is 49.8 Å². The van der Waals surface area contributed by atoms with Crippen molar-refractivity contribution in [2.75, 3.05) is 11.4 Å². The highest BCUT2D eigenvalue weighted by Crippen LogP contribution is 2.44. The molecular formula is C24H27NO4S. The molecule has 3 aromatic rings. The highest BCUT2D eigenvalue weighted by molar-refractivity contribution is 7.17. The molecule has 1 atom stereocenters. The number of anilines is 1. The number of ether oxygens (including phenoxy) is 2. The Hall–Kier alpha value is -2.57. The summed E-state index contributed by atoms with van der Waals surface area (Å²) in [5, 5.41) is 13.7. The smallest absolute Gasteiger partial charge is 0.414 e. The Morgan fingerprint density at radius 3 is 2.70 bits per heavy atom. The van der Waals surface area contributed by atoms with Crippen LogP contribution < -0.4 is 9.64 Å². The zero-order valence-corrected chi connectivity index (χ0v) is 18.6. The number of thiophene rings is 1. The van der Waals surface area contributed by atoms with Gasteiger partial charge in [0.05, 0.1) is 23.0 Å². The summed E-state index contributed by atoms with van der Waals surface area (Å²) in [4.78, 5) is 14.5. The highest BCUT2D eigenvalue weighted by atomic mass is 32.1. The van der Waals surface area contributed by atoms with E-state index in [2.05, 4.69) is 12.3 Å². The molecule has 5 nitrogen and oxygen atoms in total. The monoisotopic (exact) mass is 425 g/mol. The standard InChI is InChI=1S/C24H27NO4S/c1-15-14-30-22-20(28-13-16-8-6-5-7-9-16)11-19-18(21(15)22)10-17(26)12-25(19)23(27)29-24(2,3)4/h5-9,11,14,17,26H,10,12-13H2,1-4H3/t17-/m0/s1. The fraction of sp³-hybridized carbons (Fsp3) is 0.375. The van der Waals surface area contributed by atoms with Crippen LogP contribution in [0.5, 0.6) is 5.75 Å². The average molecular weight is 426 g/mol. The SMILES string of the molecule is Cc1csc2c(OCc3ccccc3)cc3c(c12)C[C@H](O)CN3C(=O)OC(C)(C)C. The molecule has 1 aliphatic rings. The van der Waals surface area contributed by atoms with Crippen molar-refractivity contribution in [2.45, 2.75) is 52.4 Å². The number of fused-ring (bicyclic) bond motifs is 3. The van der Waals surface area contributed by atoms with Gasteiger partial charge in [-0.2, -0.15) is 0 Å². The third-order valence-corrected chi connectivity index (χ3v) is 6.16. The molecule has 158 valence electrons.